The Bertz CT molecular complexity index is 434. The maximum absolute atomic E-state index is 12.4. The molecule has 0 saturated heterocycles. The smallest absolute Gasteiger partial charge is 0.232 e. The van der Waals surface area contributed by atoms with Gasteiger partial charge in [-0.15, -0.1) is 11.8 Å². The standard InChI is InChI=1S/C14H25N3OS2/c1-9(2)6-17(7-10(3)4)12(18)8-19-13-11(5)16-14(15)20-13/h9-10H,6-8H2,1-5H3,(H2,15,16). The first kappa shape index (κ1) is 17.3. The van der Waals surface area contributed by atoms with E-state index in [-0.39, 0.29) is 5.91 Å². The predicted molar refractivity (Wildman–Crippen MR) is 88.2 cm³/mol. The van der Waals surface area contributed by atoms with Crippen molar-refractivity contribution in [3.05, 3.63) is 5.69 Å². The number of aromatic nitrogens is 1. The van der Waals surface area contributed by atoms with E-state index in [2.05, 4.69) is 32.7 Å². The Morgan fingerprint density at radius 1 is 1.30 bits per heavy atom. The minimum absolute atomic E-state index is 0.198. The minimum atomic E-state index is 0.198. The van der Waals surface area contributed by atoms with Crippen LogP contribution in [0, 0.1) is 18.8 Å². The van der Waals surface area contributed by atoms with Crippen LogP contribution in [-0.2, 0) is 4.79 Å². The van der Waals surface area contributed by atoms with E-state index in [4.69, 9.17) is 5.73 Å². The quantitative estimate of drug-likeness (QED) is 0.785. The molecule has 0 fully saturated rings. The Kier molecular flexibility index (Phi) is 6.82. The van der Waals surface area contributed by atoms with Crippen LogP contribution in [-0.4, -0.2) is 34.6 Å². The molecule has 4 nitrogen and oxygen atoms in total. The molecule has 0 saturated carbocycles. The Hall–Kier alpha value is -0.750. The first-order valence-electron chi connectivity index (χ1n) is 6.93. The minimum Gasteiger partial charge on any atom is -0.375 e. The number of anilines is 1. The van der Waals surface area contributed by atoms with Gasteiger partial charge >= 0.3 is 0 Å². The second kappa shape index (κ2) is 7.88. The van der Waals surface area contributed by atoms with Crippen LogP contribution in [0.4, 0.5) is 5.13 Å². The van der Waals surface area contributed by atoms with Gasteiger partial charge in [-0.2, -0.15) is 0 Å². The molecule has 0 aromatic carbocycles. The molecule has 0 atom stereocenters. The zero-order valence-electron chi connectivity index (χ0n) is 13.0. The Balaban J connectivity index is 2.59. The lowest BCUT2D eigenvalue weighted by molar-refractivity contribution is -0.129. The second-order valence-electron chi connectivity index (χ2n) is 5.80. The van der Waals surface area contributed by atoms with Gasteiger partial charge in [0, 0.05) is 13.1 Å². The van der Waals surface area contributed by atoms with Crippen LogP contribution in [0.3, 0.4) is 0 Å². The fourth-order valence-electron chi connectivity index (χ4n) is 1.91. The SMILES string of the molecule is Cc1nc(N)sc1SCC(=O)N(CC(C)C)CC(C)C. The molecule has 0 aliphatic rings. The summed E-state index contributed by atoms with van der Waals surface area (Å²) in [5, 5.41) is 0.568. The Labute approximate surface area is 130 Å². The second-order valence-corrected chi connectivity index (χ2v) is 8.07. The van der Waals surface area contributed by atoms with Crippen molar-refractivity contribution in [2.75, 3.05) is 24.6 Å². The first-order chi connectivity index (χ1) is 9.29. The van der Waals surface area contributed by atoms with Crippen molar-refractivity contribution in [3.8, 4) is 0 Å². The molecule has 0 unspecified atom stereocenters. The van der Waals surface area contributed by atoms with Crippen LogP contribution in [0.5, 0.6) is 0 Å². The average Bonchev–Trinajstić information content (AvgIpc) is 2.62. The Morgan fingerprint density at radius 2 is 1.85 bits per heavy atom. The number of carbonyl (C=O) groups is 1. The van der Waals surface area contributed by atoms with E-state index in [1.807, 2.05) is 11.8 Å². The summed E-state index contributed by atoms with van der Waals surface area (Å²) in [5.74, 6) is 1.64. The highest BCUT2D eigenvalue weighted by Crippen LogP contribution is 2.30. The van der Waals surface area contributed by atoms with Gasteiger partial charge in [0.1, 0.15) is 0 Å². The topological polar surface area (TPSA) is 59.2 Å². The van der Waals surface area contributed by atoms with Crippen molar-refractivity contribution >= 4 is 34.1 Å². The fourth-order valence-corrected chi connectivity index (χ4v) is 3.84. The van der Waals surface area contributed by atoms with E-state index in [1.165, 1.54) is 11.3 Å². The van der Waals surface area contributed by atoms with Crippen LogP contribution < -0.4 is 5.73 Å². The van der Waals surface area contributed by atoms with Crippen molar-refractivity contribution in [1.29, 1.82) is 0 Å². The molecule has 1 heterocycles. The van der Waals surface area contributed by atoms with Crippen molar-refractivity contribution in [2.45, 2.75) is 38.8 Å². The van der Waals surface area contributed by atoms with Crippen LogP contribution >= 0.6 is 23.1 Å². The van der Waals surface area contributed by atoms with Crippen molar-refractivity contribution in [1.82, 2.24) is 9.88 Å². The largest absolute Gasteiger partial charge is 0.375 e. The number of nitrogen functional groups attached to an aromatic ring is 1. The van der Waals surface area contributed by atoms with Crippen LogP contribution in [0.15, 0.2) is 4.21 Å². The number of nitrogens with zero attached hydrogens (tertiary/aromatic N) is 2. The third kappa shape index (κ3) is 5.71. The van der Waals surface area contributed by atoms with Gasteiger partial charge in [0.2, 0.25) is 5.91 Å². The highest BCUT2D eigenvalue weighted by molar-refractivity contribution is 8.01. The van der Waals surface area contributed by atoms with Gasteiger partial charge in [-0.25, -0.2) is 4.98 Å². The summed E-state index contributed by atoms with van der Waals surface area (Å²) in [5.41, 5.74) is 6.60. The van der Waals surface area contributed by atoms with Crippen molar-refractivity contribution in [3.63, 3.8) is 0 Å². The number of hydrogen-bond donors (Lipinski definition) is 1. The molecule has 2 N–H and O–H groups in total. The van der Waals surface area contributed by atoms with Crippen molar-refractivity contribution in [2.24, 2.45) is 11.8 Å². The Morgan fingerprint density at radius 3 is 2.25 bits per heavy atom. The molecule has 114 valence electrons. The summed E-state index contributed by atoms with van der Waals surface area (Å²) in [6.07, 6.45) is 0. The summed E-state index contributed by atoms with van der Waals surface area (Å²) in [6, 6.07) is 0. The number of nitrogens with two attached hydrogens (primary N) is 1. The molecule has 0 aliphatic carbocycles. The molecule has 1 aromatic rings. The molecule has 1 rings (SSSR count). The lowest BCUT2D eigenvalue weighted by Crippen LogP contribution is -2.38. The number of thiazole rings is 1. The molecule has 6 heteroatoms. The zero-order chi connectivity index (χ0) is 15.3. The molecular formula is C14H25N3OS2. The molecule has 0 radical (unpaired) electrons. The van der Waals surface area contributed by atoms with Gasteiger partial charge < -0.3 is 10.6 Å². The molecule has 20 heavy (non-hydrogen) atoms. The normalized spacial score (nSPS) is 11.3. The molecule has 0 aliphatic heterocycles. The number of carbonyl (C=O) groups excluding carboxylic acids is 1. The van der Waals surface area contributed by atoms with Gasteiger partial charge in [-0.1, -0.05) is 39.0 Å². The van der Waals surface area contributed by atoms with Gasteiger partial charge in [0.25, 0.3) is 0 Å². The predicted octanol–water partition coefficient (Wildman–Crippen LogP) is 3.27. The maximum Gasteiger partial charge on any atom is 0.232 e. The number of amides is 1. The van der Waals surface area contributed by atoms with Crippen molar-refractivity contribution < 1.29 is 4.79 Å². The van der Waals surface area contributed by atoms with E-state index in [9.17, 15) is 4.79 Å². The number of thioether (sulfide) groups is 1. The molecular weight excluding hydrogens is 290 g/mol. The summed E-state index contributed by atoms with van der Waals surface area (Å²) < 4.78 is 1.05. The van der Waals surface area contributed by atoms with Gasteiger partial charge in [-0.3, -0.25) is 4.79 Å². The van der Waals surface area contributed by atoms with E-state index in [0.29, 0.717) is 22.7 Å². The summed E-state index contributed by atoms with van der Waals surface area (Å²) >= 11 is 3.00. The number of aryl methyl sites for hydroxylation is 1. The van der Waals surface area contributed by atoms with Gasteiger partial charge in [0.05, 0.1) is 15.7 Å². The molecule has 0 bridgehead atoms. The first-order valence-corrected chi connectivity index (χ1v) is 8.73. The van der Waals surface area contributed by atoms with Crippen LogP contribution in [0.25, 0.3) is 0 Å². The third-order valence-corrected chi connectivity index (χ3v) is 4.95. The fraction of sp³-hybridized carbons (Fsp3) is 0.714. The number of hydrogen-bond acceptors (Lipinski definition) is 5. The summed E-state index contributed by atoms with van der Waals surface area (Å²) in [4.78, 5) is 18.5. The molecule has 1 amide bonds. The van der Waals surface area contributed by atoms with Crippen LogP contribution in [0.2, 0.25) is 0 Å². The van der Waals surface area contributed by atoms with Gasteiger partial charge in [-0.05, 0) is 18.8 Å². The van der Waals surface area contributed by atoms with E-state index in [1.54, 1.807) is 11.8 Å². The zero-order valence-corrected chi connectivity index (χ0v) is 14.6. The lowest BCUT2D eigenvalue weighted by atomic mass is 10.1. The van der Waals surface area contributed by atoms with E-state index >= 15 is 0 Å². The van der Waals surface area contributed by atoms with Gasteiger partial charge in [0.15, 0.2) is 5.13 Å². The highest BCUT2D eigenvalue weighted by atomic mass is 32.2. The van der Waals surface area contributed by atoms with Crippen LogP contribution in [0.1, 0.15) is 33.4 Å². The molecule has 1 aromatic heterocycles. The third-order valence-electron chi connectivity index (χ3n) is 2.62. The summed E-state index contributed by atoms with van der Waals surface area (Å²) in [6.45, 7) is 12.1. The summed E-state index contributed by atoms with van der Waals surface area (Å²) in [7, 11) is 0. The highest BCUT2D eigenvalue weighted by Gasteiger charge is 2.17. The lowest BCUT2D eigenvalue weighted by Gasteiger charge is -2.26. The average molecular weight is 316 g/mol. The van der Waals surface area contributed by atoms with E-state index < -0.39 is 0 Å². The maximum atomic E-state index is 12.4. The number of rotatable bonds is 7. The monoisotopic (exact) mass is 315 g/mol. The van der Waals surface area contributed by atoms with E-state index in [0.717, 1.165) is 23.0 Å². The molecule has 0 spiro atoms.